The largest absolute Gasteiger partial charge is 0.349 e. The average molecular weight is 399 g/mol. The van der Waals surface area contributed by atoms with Crippen LogP contribution in [-0.2, 0) is 11.3 Å². The van der Waals surface area contributed by atoms with E-state index >= 15 is 0 Å². The smallest absolute Gasteiger partial charge is 0.277 e. The Kier molecular flexibility index (Phi) is 4.75. The van der Waals surface area contributed by atoms with E-state index in [2.05, 4.69) is 4.98 Å². The molecule has 0 N–H and O–H groups in total. The molecule has 0 atom stereocenters. The Bertz CT molecular complexity index is 1050. The zero-order valence-corrected chi connectivity index (χ0v) is 15.9. The Hall–Kier alpha value is -2.58. The molecule has 1 amide bonds. The van der Waals surface area contributed by atoms with Crippen molar-refractivity contribution in [2.75, 3.05) is 11.2 Å². The highest BCUT2D eigenvalue weighted by molar-refractivity contribution is 7.99. The highest BCUT2D eigenvalue weighted by Crippen LogP contribution is 2.47. The normalized spacial score (nSPS) is 12.4. The van der Waals surface area contributed by atoms with Gasteiger partial charge in [0.05, 0.1) is 17.6 Å². The van der Waals surface area contributed by atoms with Crippen LogP contribution in [0.1, 0.15) is 0 Å². The summed E-state index contributed by atoms with van der Waals surface area (Å²) in [6, 6.07) is 15.1. The average Bonchev–Trinajstić information content (AvgIpc) is 2.69. The van der Waals surface area contributed by atoms with Gasteiger partial charge in [0, 0.05) is 9.79 Å². The number of carbonyl (C=O) groups is 1. The van der Waals surface area contributed by atoms with Crippen LogP contribution in [0.2, 0.25) is 0 Å². The third kappa shape index (κ3) is 3.15. The molecule has 0 bridgehead atoms. The minimum Gasteiger partial charge on any atom is -0.277 e. The zero-order chi connectivity index (χ0) is 19.0. The molecule has 2 heterocycles. The zero-order valence-electron chi connectivity index (χ0n) is 14.3. The lowest BCUT2D eigenvalue weighted by Crippen LogP contribution is -2.36. The summed E-state index contributed by atoms with van der Waals surface area (Å²) in [4.78, 5) is 32.4. The van der Waals surface area contributed by atoms with Crippen molar-refractivity contribution in [3.8, 4) is 0 Å². The Morgan fingerprint density at radius 2 is 1.70 bits per heavy atom. The molecule has 3 aromatic rings. The van der Waals surface area contributed by atoms with E-state index in [0.717, 1.165) is 43.7 Å². The topological polar surface area (TPSA) is 55.2 Å². The van der Waals surface area contributed by atoms with Crippen LogP contribution in [0, 0.1) is 5.82 Å². The van der Waals surface area contributed by atoms with Crippen molar-refractivity contribution in [2.45, 2.75) is 21.4 Å². The van der Waals surface area contributed by atoms with E-state index in [0.29, 0.717) is 0 Å². The van der Waals surface area contributed by atoms with Gasteiger partial charge in [0.1, 0.15) is 11.6 Å². The Balaban J connectivity index is 1.80. The second-order valence-corrected chi connectivity index (χ2v) is 7.63. The number of thioether (sulfide) groups is 1. The summed E-state index contributed by atoms with van der Waals surface area (Å²) in [6.45, 7) is -0.299. The van der Waals surface area contributed by atoms with Gasteiger partial charge in [0.2, 0.25) is 0 Å². The number of hydrogen-bond donors (Lipinski definition) is 0. The van der Waals surface area contributed by atoms with Gasteiger partial charge in [-0.15, -0.1) is 11.8 Å². The first-order valence-electron chi connectivity index (χ1n) is 8.08. The molecule has 1 aliphatic heterocycles. The van der Waals surface area contributed by atoms with Gasteiger partial charge in [0.25, 0.3) is 5.91 Å². The Morgan fingerprint density at radius 3 is 2.30 bits per heavy atom. The predicted octanol–water partition coefficient (Wildman–Crippen LogP) is 3.93. The number of fused-ring (bicyclic) bond motifs is 2. The van der Waals surface area contributed by atoms with E-state index in [-0.39, 0.29) is 17.5 Å². The lowest BCUT2D eigenvalue weighted by Gasteiger charge is -2.31. The SMILES string of the molecule is CSc1c(F)cnc(=O)n1CC(=O)N1c2ccccc2Sc2ccccc21. The fourth-order valence-corrected chi connectivity index (χ4v) is 4.65. The van der Waals surface area contributed by atoms with Gasteiger partial charge >= 0.3 is 5.69 Å². The lowest BCUT2D eigenvalue weighted by molar-refractivity contribution is -0.118. The summed E-state index contributed by atoms with van der Waals surface area (Å²) in [6.07, 6.45) is 2.54. The molecule has 8 heteroatoms. The van der Waals surface area contributed by atoms with Crippen molar-refractivity contribution < 1.29 is 9.18 Å². The van der Waals surface area contributed by atoms with Crippen LogP contribution in [0.15, 0.2) is 74.3 Å². The standard InChI is InChI=1S/C19H14FN3O2S2/c1-26-18-12(20)10-21-19(25)22(18)11-17(24)23-13-6-2-4-8-15(13)27-16-9-5-3-7-14(16)23/h2-10H,11H2,1H3. The molecule has 0 saturated carbocycles. The molecule has 136 valence electrons. The second kappa shape index (κ2) is 7.21. The number of amides is 1. The first-order valence-corrected chi connectivity index (χ1v) is 10.1. The minimum atomic E-state index is -0.651. The summed E-state index contributed by atoms with van der Waals surface area (Å²) in [7, 11) is 0. The highest BCUT2D eigenvalue weighted by Gasteiger charge is 2.28. The Morgan fingerprint density at radius 1 is 1.11 bits per heavy atom. The summed E-state index contributed by atoms with van der Waals surface area (Å²) in [5, 5.41) is 0.0938. The lowest BCUT2D eigenvalue weighted by atomic mass is 10.2. The Labute approximate surface area is 163 Å². The van der Waals surface area contributed by atoms with Crippen molar-refractivity contribution in [3.05, 3.63) is 71.0 Å². The third-order valence-electron chi connectivity index (χ3n) is 4.14. The molecule has 0 saturated heterocycles. The van der Waals surface area contributed by atoms with Crippen LogP contribution in [0.4, 0.5) is 15.8 Å². The van der Waals surface area contributed by atoms with Gasteiger partial charge < -0.3 is 0 Å². The molecule has 1 aromatic heterocycles. The summed E-state index contributed by atoms with van der Waals surface area (Å²) in [5.41, 5.74) is 0.839. The maximum Gasteiger partial charge on any atom is 0.349 e. The van der Waals surface area contributed by atoms with Gasteiger partial charge in [-0.2, -0.15) is 4.98 Å². The van der Waals surface area contributed by atoms with E-state index in [4.69, 9.17) is 0 Å². The van der Waals surface area contributed by atoms with Gasteiger partial charge in [-0.05, 0) is 30.5 Å². The van der Waals surface area contributed by atoms with Crippen molar-refractivity contribution in [2.24, 2.45) is 0 Å². The number of aromatic nitrogens is 2. The van der Waals surface area contributed by atoms with Crippen LogP contribution >= 0.6 is 23.5 Å². The van der Waals surface area contributed by atoms with Gasteiger partial charge in [-0.1, -0.05) is 36.0 Å². The summed E-state index contributed by atoms with van der Waals surface area (Å²) in [5.74, 6) is -0.954. The maximum atomic E-state index is 14.0. The number of carbonyl (C=O) groups excluding carboxylic acids is 1. The number of anilines is 2. The fraction of sp³-hybridized carbons (Fsp3) is 0.105. The van der Waals surface area contributed by atoms with Gasteiger partial charge in [-0.25, -0.2) is 9.18 Å². The van der Waals surface area contributed by atoms with E-state index in [1.165, 1.54) is 0 Å². The molecule has 0 aliphatic carbocycles. The molecule has 5 nitrogen and oxygen atoms in total. The molecule has 4 rings (SSSR count). The first-order chi connectivity index (χ1) is 13.1. The quantitative estimate of drug-likeness (QED) is 0.493. The van der Waals surface area contributed by atoms with Crippen LogP contribution in [0.5, 0.6) is 0 Å². The molecule has 1 aliphatic rings. The number of para-hydroxylation sites is 2. The molecule has 0 radical (unpaired) electrons. The van der Waals surface area contributed by atoms with Crippen LogP contribution in [0.25, 0.3) is 0 Å². The van der Waals surface area contributed by atoms with Crippen molar-refractivity contribution >= 4 is 40.8 Å². The second-order valence-electron chi connectivity index (χ2n) is 5.75. The van der Waals surface area contributed by atoms with E-state index in [1.807, 2.05) is 48.5 Å². The number of halogens is 1. The molecule has 27 heavy (non-hydrogen) atoms. The van der Waals surface area contributed by atoms with Crippen LogP contribution in [0.3, 0.4) is 0 Å². The van der Waals surface area contributed by atoms with Gasteiger partial charge in [-0.3, -0.25) is 14.3 Å². The molecule has 0 spiro atoms. The van der Waals surface area contributed by atoms with E-state index in [1.54, 1.807) is 22.9 Å². The minimum absolute atomic E-state index is 0.0938. The summed E-state index contributed by atoms with van der Waals surface area (Å²) >= 11 is 2.65. The highest BCUT2D eigenvalue weighted by atomic mass is 32.2. The van der Waals surface area contributed by atoms with Crippen molar-refractivity contribution in [3.63, 3.8) is 0 Å². The first kappa shape index (κ1) is 17.8. The number of rotatable bonds is 3. The van der Waals surface area contributed by atoms with Crippen molar-refractivity contribution in [1.29, 1.82) is 0 Å². The molecular weight excluding hydrogens is 385 g/mol. The molecular formula is C19H14FN3O2S2. The summed E-state index contributed by atoms with van der Waals surface area (Å²) < 4.78 is 15.1. The molecule has 0 fully saturated rings. The molecule has 0 unspecified atom stereocenters. The molecule has 2 aromatic carbocycles. The number of benzene rings is 2. The van der Waals surface area contributed by atoms with Crippen LogP contribution < -0.4 is 10.6 Å². The fourth-order valence-electron chi connectivity index (χ4n) is 2.98. The monoisotopic (exact) mass is 399 g/mol. The third-order valence-corrected chi connectivity index (χ3v) is 6.07. The van der Waals surface area contributed by atoms with Crippen LogP contribution in [-0.4, -0.2) is 21.7 Å². The predicted molar refractivity (Wildman–Crippen MR) is 104 cm³/mol. The van der Waals surface area contributed by atoms with E-state index < -0.39 is 11.5 Å². The number of nitrogens with zero attached hydrogens (tertiary/aromatic N) is 3. The van der Waals surface area contributed by atoms with Gasteiger partial charge in [0.15, 0.2) is 5.82 Å². The van der Waals surface area contributed by atoms with Crippen molar-refractivity contribution in [1.82, 2.24) is 9.55 Å². The number of hydrogen-bond acceptors (Lipinski definition) is 5. The maximum absolute atomic E-state index is 14.0. The van der Waals surface area contributed by atoms with E-state index in [9.17, 15) is 14.0 Å².